The molecule has 2 heterocycles. The molecule has 2 aromatic carbocycles. The van der Waals surface area contributed by atoms with Crippen LogP contribution in [-0.4, -0.2) is 48.8 Å². The van der Waals surface area contributed by atoms with E-state index in [1.54, 1.807) is 0 Å². The number of anilines is 2. The van der Waals surface area contributed by atoms with E-state index in [1.165, 1.54) is 26.7 Å². The maximum absolute atomic E-state index is 4.82. The Hall–Kier alpha value is -1.98. The van der Waals surface area contributed by atoms with Crippen molar-refractivity contribution in [3.63, 3.8) is 0 Å². The Morgan fingerprint density at radius 3 is 2.58 bits per heavy atom. The van der Waals surface area contributed by atoms with Crippen LogP contribution in [0.1, 0.15) is 12.5 Å². The Morgan fingerprint density at radius 1 is 1.00 bits per heavy atom. The van der Waals surface area contributed by atoms with E-state index in [-0.39, 0.29) is 0 Å². The molecule has 0 bridgehead atoms. The Bertz CT molecular complexity index is 779. The van der Waals surface area contributed by atoms with E-state index in [2.05, 4.69) is 71.7 Å². The topological polar surface area (TPSA) is 30.9 Å². The summed E-state index contributed by atoms with van der Waals surface area (Å²) in [6, 6.07) is 15.0. The van der Waals surface area contributed by atoms with Crippen LogP contribution in [0.4, 0.5) is 11.4 Å². The number of nitrogens with zero attached hydrogens (tertiary/aromatic N) is 3. The quantitative estimate of drug-likeness (QED) is 0.719. The third kappa shape index (κ3) is 3.14. The molecule has 124 valence electrons. The van der Waals surface area contributed by atoms with Crippen LogP contribution in [0.3, 0.4) is 0 Å². The van der Waals surface area contributed by atoms with Crippen molar-refractivity contribution in [1.82, 2.24) is 9.91 Å². The summed E-state index contributed by atoms with van der Waals surface area (Å²) in [5.74, 6) is 0. The first-order valence-corrected chi connectivity index (χ1v) is 9.18. The second-order valence-corrected chi connectivity index (χ2v) is 7.46. The summed E-state index contributed by atoms with van der Waals surface area (Å²) in [6.45, 7) is 6.26. The minimum Gasteiger partial charge on any atom is -0.354 e. The van der Waals surface area contributed by atoms with Crippen LogP contribution in [0.5, 0.6) is 0 Å². The number of hydrazone groups is 1. The highest BCUT2D eigenvalue weighted by atomic mass is 32.2. The zero-order chi connectivity index (χ0) is 16.5. The molecule has 0 amide bonds. The highest BCUT2D eigenvalue weighted by Gasteiger charge is 2.16. The lowest BCUT2D eigenvalue weighted by atomic mass is 10.1. The summed E-state index contributed by atoms with van der Waals surface area (Å²) in [7, 11) is 2.17. The van der Waals surface area contributed by atoms with Gasteiger partial charge in [0.2, 0.25) is 0 Å². The van der Waals surface area contributed by atoms with Crippen LogP contribution in [0, 0.1) is 0 Å². The highest BCUT2D eigenvalue weighted by molar-refractivity contribution is 7.99. The summed E-state index contributed by atoms with van der Waals surface area (Å²) in [6.07, 6.45) is 0. The number of rotatable bonds is 2. The van der Waals surface area contributed by atoms with Crippen LogP contribution in [0.25, 0.3) is 0 Å². The fourth-order valence-electron chi connectivity index (χ4n) is 3.03. The van der Waals surface area contributed by atoms with E-state index in [0.29, 0.717) is 0 Å². The lowest BCUT2D eigenvalue weighted by Crippen LogP contribution is -2.42. The first kappa shape index (κ1) is 15.5. The summed E-state index contributed by atoms with van der Waals surface area (Å²) in [5, 5.41) is 10.6. The van der Waals surface area contributed by atoms with E-state index in [4.69, 9.17) is 5.10 Å². The average molecular weight is 338 g/mol. The van der Waals surface area contributed by atoms with Gasteiger partial charge in [0.25, 0.3) is 0 Å². The van der Waals surface area contributed by atoms with Crippen molar-refractivity contribution in [2.75, 3.05) is 38.5 Å². The number of hydrogen-bond donors (Lipinski definition) is 1. The molecule has 1 saturated heterocycles. The Morgan fingerprint density at radius 2 is 1.75 bits per heavy atom. The minimum absolute atomic E-state index is 1.00. The number of para-hydroxylation sites is 1. The number of benzene rings is 2. The third-order valence-corrected chi connectivity index (χ3v) is 5.70. The predicted molar refractivity (Wildman–Crippen MR) is 102 cm³/mol. The van der Waals surface area contributed by atoms with Crippen LogP contribution in [-0.2, 0) is 0 Å². The molecule has 2 aromatic rings. The largest absolute Gasteiger partial charge is 0.354 e. The SMILES string of the molecule is C/C(=N/N1CCN(C)CC1)c1ccc2c(c1)Nc1ccccc1S2. The molecule has 5 heteroatoms. The molecule has 0 aromatic heterocycles. The maximum atomic E-state index is 4.82. The summed E-state index contributed by atoms with van der Waals surface area (Å²) >= 11 is 1.82. The Kier molecular flexibility index (Phi) is 4.21. The molecular formula is C19H22N4S. The molecule has 0 saturated carbocycles. The van der Waals surface area contributed by atoms with Crippen molar-refractivity contribution in [3.8, 4) is 0 Å². The monoisotopic (exact) mass is 338 g/mol. The summed E-state index contributed by atoms with van der Waals surface area (Å²) < 4.78 is 0. The number of piperazine rings is 1. The zero-order valence-corrected chi connectivity index (χ0v) is 14.9. The lowest BCUT2D eigenvalue weighted by molar-refractivity contribution is 0.159. The lowest BCUT2D eigenvalue weighted by Gasteiger charge is -2.30. The van der Waals surface area contributed by atoms with E-state index < -0.39 is 0 Å². The molecule has 0 aliphatic carbocycles. The molecular weight excluding hydrogens is 316 g/mol. The second-order valence-electron chi connectivity index (χ2n) is 6.38. The standard InChI is InChI=1S/C19H22N4S/c1-14(21-23-11-9-22(2)10-12-23)15-7-8-19-17(13-15)20-16-5-3-4-6-18(16)24-19/h3-8,13,20H,9-12H2,1-2H3/b21-14-. The number of fused-ring (bicyclic) bond motifs is 2. The summed E-state index contributed by atoms with van der Waals surface area (Å²) in [4.78, 5) is 4.89. The number of likely N-dealkylation sites (N-methyl/N-ethyl adjacent to an activating group) is 1. The molecule has 0 atom stereocenters. The molecule has 0 unspecified atom stereocenters. The van der Waals surface area contributed by atoms with Gasteiger partial charge in [-0.3, -0.25) is 5.01 Å². The van der Waals surface area contributed by atoms with Gasteiger partial charge in [-0.1, -0.05) is 30.0 Å². The first-order chi connectivity index (χ1) is 11.7. The first-order valence-electron chi connectivity index (χ1n) is 8.36. The van der Waals surface area contributed by atoms with Gasteiger partial charge >= 0.3 is 0 Å². The minimum atomic E-state index is 1.00. The van der Waals surface area contributed by atoms with Gasteiger partial charge in [-0.25, -0.2) is 0 Å². The van der Waals surface area contributed by atoms with Crippen LogP contribution in [0.15, 0.2) is 57.4 Å². The molecule has 1 fully saturated rings. The van der Waals surface area contributed by atoms with Gasteiger partial charge in [0.05, 0.1) is 17.1 Å². The van der Waals surface area contributed by atoms with Gasteiger partial charge in [-0.2, -0.15) is 5.10 Å². The smallest absolute Gasteiger partial charge is 0.0647 e. The van der Waals surface area contributed by atoms with Crippen molar-refractivity contribution in [2.45, 2.75) is 16.7 Å². The molecule has 2 aliphatic heterocycles. The molecule has 24 heavy (non-hydrogen) atoms. The van der Waals surface area contributed by atoms with Crippen molar-refractivity contribution < 1.29 is 0 Å². The second kappa shape index (κ2) is 6.49. The Labute approximate surface area is 147 Å². The molecule has 4 nitrogen and oxygen atoms in total. The van der Waals surface area contributed by atoms with Crippen LogP contribution >= 0.6 is 11.8 Å². The van der Waals surface area contributed by atoms with Crippen LogP contribution in [0.2, 0.25) is 0 Å². The fraction of sp³-hybridized carbons (Fsp3) is 0.316. The summed E-state index contributed by atoms with van der Waals surface area (Å²) in [5.41, 5.74) is 4.61. The van der Waals surface area contributed by atoms with Gasteiger partial charge in [0.15, 0.2) is 0 Å². The van der Waals surface area contributed by atoms with Crippen molar-refractivity contribution >= 4 is 28.8 Å². The maximum Gasteiger partial charge on any atom is 0.0647 e. The number of hydrogen-bond acceptors (Lipinski definition) is 5. The van der Waals surface area contributed by atoms with Crippen molar-refractivity contribution in [1.29, 1.82) is 0 Å². The van der Waals surface area contributed by atoms with Gasteiger partial charge in [0, 0.05) is 36.0 Å². The van der Waals surface area contributed by atoms with Crippen molar-refractivity contribution in [3.05, 3.63) is 48.0 Å². The van der Waals surface area contributed by atoms with E-state index in [0.717, 1.165) is 31.9 Å². The highest BCUT2D eigenvalue weighted by Crippen LogP contribution is 2.44. The van der Waals surface area contributed by atoms with Gasteiger partial charge in [-0.05, 0) is 43.8 Å². The predicted octanol–water partition coefficient (Wildman–Crippen LogP) is 3.87. The molecule has 2 aliphatic rings. The van der Waals surface area contributed by atoms with E-state index in [1.807, 2.05) is 11.8 Å². The average Bonchev–Trinajstić information content (AvgIpc) is 2.61. The number of nitrogens with one attached hydrogen (secondary N) is 1. The third-order valence-electron chi connectivity index (χ3n) is 4.54. The van der Waals surface area contributed by atoms with Gasteiger partial charge in [0.1, 0.15) is 0 Å². The fourth-order valence-corrected chi connectivity index (χ4v) is 4.00. The zero-order valence-electron chi connectivity index (χ0n) is 14.1. The normalized spacial score (nSPS) is 17.9. The van der Waals surface area contributed by atoms with Gasteiger partial charge in [-0.15, -0.1) is 0 Å². The Balaban J connectivity index is 1.56. The molecule has 4 rings (SSSR count). The van der Waals surface area contributed by atoms with E-state index in [9.17, 15) is 0 Å². The molecule has 1 N–H and O–H groups in total. The van der Waals surface area contributed by atoms with Gasteiger partial charge < -0.3 is 10.2 Å². The van der Waals surface area contributed by atoms with E-state index >= 15 is 0 Å². The molecule has 0 spiro atoms. The van der Waals surface area contributed by atoms with Crippen molar-refractivity contribution in [2.24, 2.45) is 5.10 Å². The van der Waals surface area contributed by atoms with Crippen LogP contribution < -0.4 is 5.32 Å². The molecule has 0 radical (unpaired) electrons.